The molecule has 0 unspecified atom stereocenters. The second kappa shape index (κ2) is 8.74. The number of benzene rings is 1. The van der Waals surface area contributed by atoms with Crippen molar-refractivity contribution in [1.82, 2.24) is 9.38 Å². The quantitative estimate of drug-likeness (QED) is 0.540. The van der Waals surface area contributed by atoms with Gasteiger partial charge in [-0.25, -0.2) is 13.4 Å². The van der Waals surface area contributed by atoms with Gasteiger partial charge in [-0.3, -0.25) is 9.20 Å². The van der Waals surface area contributed by atoms with Crippen molar-refractivity contribution >= 4 is 39.0 Å². The molecule has 2 aromatic heterocycles. The van der Waals surface area contributed by atoms with Crippen molar-refractivity contribution in [3.05, 3.63) is 74.0 Å². The van der Waals surface area contributed by atoms with Gasteiger partial charge in [0.2, 0.25) is 9.84 Å². The molecule has 32 heavy (non-hydrogen) atoms. The molecule has 8 nitrogen and oxygen atoms in total. The van der Waals surface area contributed by atoms with Crippen LogP contribution in [0.2, 0.25) is 5.02 Å². The van der Waals surface area contributed by atoms with Crippen molar-refractivity contribution in [2.75, 3.05) is 31.2 Å². The number of nitrogens with zero attached hydrogens (tertiary/aromatic N) is 4. The second-order valence-electron chi connectivity index (χ2n) is 7.22. The van der Waals surface area contributed by atoms with Crippen LogP contribution in [0.3, 0.4) is 0 Å². The van der Waals surface area contributed by atoms with Crippen LogP contribution in [0.25, 0.3) is 11.7 Å². The number of aromatic nitrogens is 2. The normalized spacial score (nSPS) is 15.0. The molecule has 0 aliphatic carbocycles. The first-order valence-electron chi connectivity index (χ1n) is 9.80. The molecule has 0 N–H and O–H groups in total. The molecule has 0 radical (unpaired) electrons. The highest BCUT2D eigenvalue weighted by Crippen LogP contribution is 2.26. The molecule has 1 fully saturated rings. The van der Waals surface area contributed by atoms with E-state index in [0.29, 0.717) is 42.8 Å². The number of rotatable bonds is 4. The predicted molar refractivity (Wildman–Crippen MR) is 121 cm³/mol. The Labute approximate surface area is 189 Å². The first-order valence-corrected chi connectivity index (χ1v) is 11.7. The van der Waals surface area contributed by atoms with Gasteiger partial charge in [0.05, 0.1) is 23.7 Å². The number of aryl methyl sites for hydroxylation is 1. The summed E-state index contributed by atoms with van der Waals surface area (Å²) in [6, 6.07) is 10.8. The standard InChI is InChI=1S/C22H19ClN4O4S/c1-15-3-2-8-27-20(15)25-21(26-9-11-31-12-10-26)19(22(27)28)13-18(14-24)32(29,30)17-6-4-16(23)5-7-17/h2-8,13H,9-12H2,1H3/b18-13+. The van der Waals surface area contributed by atoms with Crippen LogP contribution in [-0.2, 0) is 14.6 Å². The Bertz CT molecular complexity index is 1420. The van der Waals surface area contributed by atoms with E-state index in [1.807, 2.05) is 17.9 Å². The van der Waals surface area contributed by atoms with Crippen molar-refractivity contribution in [2.45, 2.75) is 11.8 Å². The maximum Gasteiger partial charge on any atom is 0.267 e. The van der Waals surface area contributed by atoms with Crippen molar-refractivity contribution in [3.63, 3.8) is 0 Å². The minimum Gasteiger partial charge on any atom is -0.378 e. The third kappa shape index (κ3) is 4.00. The van der Waals surface area contributed by atoms with Crippen molar-refractivity contribution in [2.24, 2.45) is 0 Å². The average molecular weight is 471 g/mol. The van der Waals surface area contributed by atoms with E-state index in [0.717, 1.165) is 11.6 Å². The second-order valence-corrected chi connectivity index (χ2v) is 9.57. The van der Waals surface area contributed by atoms with Crippen molar-refractivity contribution in [3.8, 4) is 6.07 Å². The number of allylic oxidation sites excluding steroid dienone is 1. The lowest BCUT2D eigenvalue weighted by Crippen LogP contribution is -2.38. The SMILES string of the molecule is Cc1cccn2c(=O)c(/C=C(\C#N)S(=O)(=O)c3ccc(Cl)cc3)c(N3CCOCC3)nc12. The topological polar surface area (TPSA) is 105 Å². The molecular formula is C22H19ClN4O4S. The highest BCUT2D eigenvalue weighted by Gasteiger charge is 2.25. The lowest BCUT2D eigenvalue weighted by Gasteiger charge is -2.29. The molecule has 1 aliphatic rings. The smallest absolute Gasteiger partial charge is 0.267 e. The molecule has 3 heterocycles. The van der Waals surface area contributed by atoms with E-state index in [4.69, 9.17) is 16.3 Å². The first-order chi connectivity index (χ1) is 15.3. The Morgan fingerprint density at radius 1 is 1.22 bits per heavy atom. The molecule has 10 heteroatoms. The van der Waals surface area contributed by atoms with Crippen LogP contribution in [0.1, 0.15) is 11.1 Å². The average Bonchev–Trinajstić information content (AvgIpc) is 2.79. The van der Waals surface area contributed by atoms with E-state index in [1.165, 1.54) is 28.7 Å². The van der Waals surface area contributed by atoms with E-state index < -0.39 is 20.3 Å². The highest BCUT2D eigenvalue weighted by atomic mass is 35.5. The number of anilines is 1. The summed E-state index contributed by atoms with van der Waals surface area (Å²) in [5.74, 6) is 0.326. The zero-order valence-electron chi connectivity index (χ0n) is 17.2. The molecule has 1 aliphatic heterocycles. The lowest BCUT2D eigenvalue weighted by atomic mass is 10.2. The molecule has 0 atom stereocenters. The van der Waals surface area contributed by atoms with Crippen LogP contribution in [-0.4, -0.2) is 44.1 Å². The Hall–Kier alpha value is -3.19. The van der Waals surface area contributed by atoms with E-state index in [2.05, 4.69) is 4.98 Å². The summed E-state index contributed by atoms with van der Waals surface area (Å²) in [5, 5.41) is 10.1. The first kappa shape index (κ1) is 22.0. The number of nitriles is 1. The van der Waals surface area contributed by atoms with Gasteiger partial charge in [-0.2, -0.15) is 5.26 Å². The molecule has 4 rings (SSSR count). The van der Waals surface area contributed by atoms with E-state index in [1.54, 1.807) is 18.3 Å². The minimum atomic E-state index is -4.17. The summed E-state index contributed by atoms with van der Waals surface area (Å²) < 4.78 is 33.0. The van der Waals surface area contributed by atoms with Gasteiger partial charge in [0.25, 0.3) is 5.56 Å². The molecule has 0 spiro atoms. The van der Waals surface area contributed by atoms with Gasteiger partial charge < -0.3 is 9.64 Å². The molecule has 1 aromatic carbocycles. The van der Waals surface area contributed by atoms with Crippen LogP contribution >= 0.6 is 11.6 Å². The summed E-state index contributed by atoms with van der Waals surface area (Å²) in [4.78, 5) is 19.3. The van der Waals surface area contributed by atoms with Crippen LogP contribution in [0.4, 0.5) is 5.82 Å². The van der Waals surface area contributed by atoms with Crippen molar-refractivity contribution in [1.29, 1.82) is 5.26 Å². The Morgan fingerprint density at radius 3 is 2.56 bits per heavy atom. The molecule has 0 amide bonds. The van der Waals surface area contributed by atoms with Gasteiger partial charge in [0, 0.05) is 24.3 Å². The summed E-state index contributed by atoms with van der Waals surface area (Å²) in [6.45, 7) is 3.71. The molecule has 0 saturated carbocycles. The van der Waals surface area contributed by atoms with Gasteiger partial charge in [0.15, 0.2) is 0 Å². The van der Waals surface area contributed by atoms with Gasteiger partial charge >= 0.3 is 0 Å². The van der Waals surface area contributed by atoms with Crippen LogP contribution in [0, 0.1) is 18.3 Å². The maximum absolute atomic E-state index is 13.4. The largest absolute Gasteiger partial charge is 0.378 e. The fraction of sp³-hybridized carbons (Fsp3) is 0.227. The minimum absolute atomic E-state index is 0.0316. The summed E-state index contributed by atoms with van der Waals surface area (Å²) in [6.07, 6.45) is 2.68. The number of hydrogen-bond donors (Lipinski definition) is 0. The number of sulfone groups is 1. The third-order valence-corrected chi connectivity index (χ3v) is 7.11. The molecule has 0 bridgehead atoms. The zero-order chi connectivity index (χ0) is 22.9. The zero-order valence-corrected chi connectivity index (χ0v) is 18.7. The van der Waals surface area contributed by atoms with Gasteiger partial charge in [-0.05, 0) is 48.9 Å². The molecule has 3 aromatic rings. The third-order valence-electron chi connectivity index (χ3n) is 5.17. The van der Waals surface area contributed by atoms with Crippen LogP contribution < -0.4 is 10.5 Å². The number of morpholine rings is 1. The summed E-state index contributed by atoms with van der Waals surface area (Å²) in [5.41, 5.74) is 0.836. The number of fused-ring (bicyclic) bond motifs is 1. The van der Waals surface area contributed by atoms with Gasteiger partial charge in [-0.1, -0.05) is 17.7 Å². The fourth-order valence-corrected chi connectivity index (χ4v) is 4.75. The number of hydrogen-bond acceptors (Lipinski definition) is 7. The summed E-state index contributed by atoms with van der Waals surface area (Å²) in [7, 11) is -4.17. The lowest BCUT2D eigenvalue weighted by molar-refractivity contribution is 0.122. The number of pyridine rings is 1. The van der Waals surface area contributed by atoms with Crippen LogP contribution in [0.15, 0.2) is 57.2 Å². The molecular weight excluding hydrogens is 452 g/mol. The molecule has 164 valence electrons. The number of halogens is 1. The van der Waals surface area contributed by atoms with E-state index in [9.17, 15) is 18.5 Å². The van der Waals surface area contributed by atoms with E-state index >= 15 is 0 Å². The van der Waals surface area contributed by atoms with Crippen molar-refractivity contribution < 1.29 is 13.2 Å². The monoisotopic (exact) mass is 470 g/mol. The Balaban J connectivity index is 1.96. The maximum atomic E-state index is 13.4. The Morgan fingerprint density at radius 2 is 1.91 bits per heavy atom. The number of ether oxygens (including phenoxy) is 1. The highest BCUT2D eigenvalue weighted by molar-refractivity contribution is 7.95. The predicted octanol–water partition coefficient (Wildman–Crippen LogP) is 2.83. The van der Waals surface area contributed by atoms with Gasteiger partial charge in [0.1, 0.15) is 22.4 Å². The summed E-state index contributed by atoms with van der Waals surface area (Å²) >= 11 is 5.86. The molecule has 1 saturated heterocycles. The van der Waals surface area contributed by atoms with Gasteiger partial charge in [-0.15, -0.1) is 0 Å². The fourth-order valence-electron chi connectivity index (χ4n) is 3.48. The van der Waals surface area contributed by atoms with Crippen LogP contribution in [0.5, 0.6) is 0 Å². The van der Waals surface area contributed by atoms with E-state index in [-0.39, 0.29) is 10.5 Å². The Kier molecular flexibility index (Phi) is 6.02.